The molecule has 21 nitrogen and oxygen atoms in total. The van der Waals surface area contributed by atoms with Crippen molar-refractivity contribution in [1.29, 1.82) is 0 Å². The van der Waals surface area contributed by atoms with Crippen LogP contribution in [0.15, 0.2) is 78.9 Å². The van der Waals surface area contributed by atoms with Crippen molar-refractivity contribution in [3.63, 3.8) is 0 Å². The lowest BCUT2D eigenvalue weighted by Gasteiger charge is -2.36. The summed E-state index contributed by atoms with van der Waals surface area (Å²) in [5.74, 6) is -10.8. The molecule has 4 amide bonds. The van der Waals surface area contributed by atoms with Gasteiger partial charge in [0.05, 0.1) is 0 Å². The Labute approximate surface area is 561 Å². The summed E-state index contributed by atoms with van der Waals surface area (Å²) in [6.07, 6.45) is -21.8. The maximum atomic E-state index is 16.0. The Bertz CT molecular complexity index is 3150. The summed E-state index contributed by atoms with van der Waals surface area (Å²) >= 11 is 0. The quantitative estimate of drug-likeness (QED) is 0.0342. The number of nitrogens with zero attached hydrogens (tertiary/aromatic N) is 4. The van der Waals surface area contributed by atoms with Crippen molar-refractivity contribution in [2.75, 3.05) is 28.2 Å². The fourth-order valence-electron chi connectivity index (χ4n) is 9.59. The molecule has 0 heterocycles. The molecule has 0 aromatic heterocycles. The number of amides is 4. The van der Waals surface area contributed by atoms with Gasteiger partial charge in [-0.25, -0.2) is 37.5 Å². The highest BCUT2D eigenvalue weighted by atomic mass is 19.4. The zero-order valence-corrected chi connectivity index (χ0v) is 58.3. The minimum absolute atomic E-state index is 0.0633. The lowest BCUT2D eigenvalue weighted by atomic mass is 9.87. The molecule has 0 radical (unpaired) electrons. The molecule has 0 bridgehead atoms. The highest BCUT2D eigenvalue weighted by Gasteiger charge is 2.45. The van der Waals surface area contributed by atoms with Crippen LogP contribution in [0.4, 0.5) is 39.9 Å². The molecule has 0 fully saturated rings. The zero-order valence-electron chi connectivity index (χ0n) is 58.3. The van der Waals surface area contributed by atoms with Gasteiger partial charge in [-0.1, -0.05) is 96.1 Å². The van der Waals surface area contributed by atoms with Crippen LogP contribution in [0, 0.1) is 10.8 Å². The minimum atomic E-state index is -5.09. The Kier molecular flexibility index (Phi) is 28.9. The van der Waals surface area contributed by atoms with E-state index in [4.69, 9.17) is 28.4 Å². The first-order chi connectivity index (χ1) is 44.1. The third-order valence-corrected chi connectivity index (χ3v) is 14.4. The number of likely N-dealkylation sites (N-methyl/N-ethyl adjacent to an activating group) is 4. The van der Waals surface area contributed by atoms with E-state index in [2.05, 4.69) is 9.47 Å². The second-order valence-corrected chi connectivity index (χ2v) is 28.3. The van der Waals surface area contributed by atoms with E-state index in [0.29, 0.717) is 10.5 Å². The second-order valence-electron chi connectivity index (χ2n) is 28.3. The van der Waals surface area contributed by atoms with Crippen molar-refractivity contribution in [3.05, 3.63) is 95.6 Å². The van der Waals surface area contributed by atoms with Crippen LogP contribution in [-0.4, -0.2) is 180 Å². The molecule has 97 heavy (non-hydrogen) atoms. The molecule has 0 spiro atoms. The van der Waals surface area contributed by atoms with Crippen molar-refractivity contribution in [2.24, 2.45) is 10.8 Å². The largest absolute Gasteiger partial charge is 0.573 e. The van der Waals surface area contributed by atoms with Crippen LogP contribution >= 0.6 is 0 Å². The minimum Gasteiger partial charge on any atom is -0.458 e. The van der Waals surface area contributed by atoms with Crippen molar-refractivity contribution >= 4 is 53.7 Å². The molecular formula is C68H92F8N4O17. The molecule has 0 saturated carbocycles. The summed E-state index contributed by atoms with van der Waals surface area (Å²) in [7, 11) is 4.43. The molecule has 0 aliphatic rings. The SMILES string of the molecule is C[C@@H](OC(=O)[C@H](CC(C)(C)C)N(C)C(=O)[C@@H](Cc1ccc(OC(F)(F)F)cc1)OC(=O)[C@H](CC(C)(C)F)N(C)C(=O)[C@@H](C)OC(=O)[C@H](CC(C)(C)C)N(C)C(=O)[C@@H](Cc1ccc(OC(F)(F)F)cc1)OC(=O)[C@H](CC(C)(C)F)N(C)C(=O)OC(C)(C)C)C(=O)OCc1ccccc1. The van der Waals surface area contributed by atoms with Crippen LogP contribution in [0.1, 0.15) is 146 Å². The van der Waals surface area contributed by atoms with Gasteiger partial charge in [-0.05, 0) is 127 Å². The molecular weight excluding hydrogens is 1300 g/mol. The molecule has 3 aromatic carbocycles. The van der Waals surface area contributed by atoms with Crippen LogP contribution < -0.4 is 9.47 Å². The van der Waals surface area contributed by atoms with E-state index < -0.39 is 180 Å². The average Bonchev–Trinajstić information content (AvgIpc) is 0.824. The Morgan fingerprint density at radius 3 is 1.06 bits per heavy atom. The van der Waals surface area contributed by atoms with Crippen molar-refractivity contribution in [2.45, 2.75) is 227 Å². The monoisotopic (exact) mass is 1390 g/mol. The summed E-state index contributed by atoms with van der Waals surface area (Å²) < 4.78 is 152. The summed E-state index contributed by atoms with van der Waals surface area (Å²) in [6.45, 7) is 21.2. The van der Waals surface area contributed by atoms with Crippen LogP contribution in [0.3, 0.4) is 0 Å². The normalized spacial score (nSPS) is 14.9. The molecule has 3 aromatic rings. The maximum Gasteiger partial charge on any atom is 0.573 e. The second kappa shape index (κ2) is 33.8. The average molecular weight is 1390 g/mol. The third kappa shape index (κ3) is 29.5. The Balaban J connectivity index is 2.10. The predicted molar refractivity (Wildman–Crippen MR) is 336 cm³/mol. The number of carbonyl (C=O) groups excluding carboxylic acids is 9. The number of alkyl halides is 8. The van der Waals surface area contributed by atoms with Crippen LogP contribution in [-0.2, 0) is 86.2 Å². The number of ether oxygens (including phenoxy) is 8. The number of hydrogen-bond donors (Lipinski definition) is 0. The highest BCUT2D eigenvalue weighted by Crippen LogP contribution is 2.32. The molecule has 0 unspecified atom stereocenters. The Morgan fingerprint density at radius 1 is 0.392 bits per heavy atom. The molecule has 29 heteroatoms. The Hall–Kier alpha value is -8.27. The van der Waals surface area contributed by atoms with Gasteiger partial charge in [0, 0.05) is 53.9 Å². The lowest BCUT2D eigenvalue weighted by molar-refractivity contribution is -0.275. The summed E-state index contributed by atoms with van der Waals surface area (Å²) in [6, 6.07) is 9.77. The van der Waals surface area contributed by atoms with Crippen LogP contribution in [0.2, 0.25) is 0 Å². The van der Waals surface area contributed by atoms with Crippen molar-refractivity contribution < 1.29 is 116 Å². The third-order valence-electron chi connectivity index (χ3n) is 14.4. The summed E-state index contributed by atoms with van der Waals surface area (Å²) in [4.78, 5) is 132. The van der Waals surface area contributed by atoms with Gasteiger partial charge < -0.3 is 52.6 Å². The molecule has 0 N–H and O–H groups in total. The van der Waals surface area contributed by atoms with Crippen LogP contribution in [0.25, 0.3) is 0 Å². The van der Waals surface area contributed by atoms with E-state index in [-0.39, 0.29) is 30.6 Å². The predicted octanol–water partition coefficient (Wildman–Crippen LogP) is 11.6. The van der Waals surface area contributed by atoms with E-state index in [0.717, 1.165) is 126 Å². The van der Waals surface area contributed by atoms with E-state index in [1.54, 1.807) is 71.9 Å². The first-order valence-electron chi connectivity index (χ1n) is 31.0. The number of esters is 5. The van der Waals surface area contributed by atoms with Gasteiger partial charge in [-0.15, -0.1) is 26.3 Å². The van der Waals surface area contributed by atoms with E-state index in [9.17, 15) is 69.5 Å². The van der Waals surface area contributed by atoms with Crippen LogP contribution in [0.5, 0.6) is 11.5 Å². The maximum absolute atomic E-state index is 16.0. The smallest absolute Gasteiger partial charge is 0.458 e. The number of carbonyl (C=O) groups is 9. The molecule has 0 aliphatic heterocycles. The van der Waals surface area contributed by atoms with E-state index in [1.807, 2.05) is 0 Å². The van der Waals surface area contributed by atoms with Gasteiger partial charge in [-0.2, -0.15) is 0 Å². The molecule has 0 saturated heterocycles. The van der Waals surface area contributed by atoms with Crippen molar-refractivity contribution in [3.8, 4) is 11.5 Å². The molecule has 3 rings (SSSR count). The van der Waals surface area contributed by atoms with Gasteiger partial charge in [0.15, 0.2) is 24.4 Å². The fraction of sp³-hybridized carbons (Fsp3) is 0.603. The van der Waals surface area contributed by atoms with Gasteiger partial charge >= 0.3 is 48.7 Å². The van der Waals surface area contributed by atoms with Crippen molar-refractivity contribution in [1.82, 2.24) is 19.6 Å². The van der Waals surface area contributed by atoms with E-state index in [1.165, 1.54) is 27.7 Å². The molecule has 0 aliphatic carbocycles. The zero-order chi connectivity index (χ0) is 74.3. The first-order valence-corrected chi connectivity index (χ1v) is 31.0. The van der Waals surface area contributed by atoms with Gasteiger partial charge in [-0.3, -0.25) is 19.3 Å². The van der Waals surface area contributed by atoms with Gasteiger partial charge in [0.2, 0.25) is 0 Å². The number of rotatable bonds is 30. The highest BCUT2D eigenvalue weighted by molar-refractivity contribution is 5.93. The number of benzene rings is 3. The fourth-order valence-corrected chi connectivity index (χ4v) is 9.59. The Morgan fingerprint density at radius 2 is 0.722 bits per heavy atom. The number of hydrogen-bond acceptors (Lipinski definition) is 17. The van der Waals surface area contributed by atoms with E-state index >= 15 is 8.78 Å². The topological polar surface area (TPSA) is 240 Å². The standard InChI is InChI=1S/C68H92F8N4O17/c1-40(91-57(85)47(35-62(3,4)5)78(17)55(83)52(34-43-27-31-46(32-28-43)96-68(74,75)76)94-60(88)50(38-66(14,15)70)80(19)61(89)97-64(9,10)11)53(81)77(16)49(37-65(12,13)69)59(87)93-51(33-42-25-29-45(30-26-42)95-67(71,72)73)54(82)79(18)48(36-63(6,7)8)58(86)92-41(2)56(84)90-39-44-23-21-20-22-24-44/h20-32,40-41,47-52H,33-39H2,1-19H3/t40-,41-,47+,48+,49+,50+,51-,52-/m1/s1. The van der Waals surface area contributed by atoms with Gasteiger partial charge in [0.25, 0.3) is 17.7 Å². The molecule has 8 atom stereocenters. The summed E-state index contributed by atoms with van der Waals surface area (Å²) in [5.41, 5.74) is -6.45. The first kappa shape index (κ1) is 83.0. The lowest BCUT2D eigenvalue weighted by Crippen LogP contribution is -2.54. The number of halogens is 8. The van der Waals surface area contributed by atoms with Gasteiger partial charge in [0.1, 0.15) is 59.2 Å². The summed E-state index contributed by atoms with van der Waals surface area (Å²) in [5, 5.41) is 0. The molecule has 542 valence electrons.